The maximum Gasteiger partial charge on any atom is 0.303 e. The van der Waals surface area contributed by atoms with Crippen molar-refractivity contribution in [2.45, 2.75) is 69.9 Å². The van der Waals surface area contributed by atoms with Crippen molar-refractivity contribution in [3.63, 3.8) is 0 Å². The summed E-state index contributed by atoms with van der Waals surface area (Å²) < 4.78 is 35.3. The predicted octanol–water partition coefficient (Wildman–Crippen LogP) is 4.24. The van der Waals surface area contributed by atoms with Gasteiger partial charge in [0, 0.05) is 44.2 Å². The molecule has 1 aromatic rings. The van der Waals surface area contributed by atoms with E-state index in [-0.39, 0.29) is 17.9 Å². The number of nitrogens with one attached hydrogen (secondary N) is 1. The fourth-order valence-electron chi connectivity index (χ4n) is 5.19. The van der Waals surface area contributed by atoms with Gasteiger partial charge in [0.25, 0.3) is 0 Å². The van der Waals surface area contributed by atoms with Crippen molar-refractivity contribution < 1.29 is 17.9 Å². The molecule has 1 aliphatic carbocycles. The van der Waals surface area contributed by atoms with Crippen molar-refractivity contribution in [3.8, 4) is 5.75 Å². The zero-order valence-electron chi connectivity index (χ0n) is 18.8. The lowest BCUT2D eigenvalue weighted by Gasteiger charge is -2.41. The molecule has 0 spiro atoms. The molecule has 3 fully saturated rings. The summed E-state index contributed by atoms with van der Waals surface area (Å²) in [7, 11) is -3.76. The summed E-state index contributed by atoms with van der Waals surface area (Å²) >= 11 is 12.0. The highest BCUT2D eigenvalue weighted by atomic mass is 35.5. The van der Waals surface area contributed by atoms with Crippen LogP contribution in [0.5, 0.6) is 5.75 Å². The molecule has 2 heterocycles. The highest BCUT2D eigenvalue weighted by Crippen LogP contribution is 2.29. The van der Waals surface area contributed by atoms with Crippen molar-refractivity contribution in [2.24, 2.45) is 5.92 Å². The van der Waals surface area contributed by atoms with Gasteiger partial charge in [-0.25, -0.2) is 4.72 Å². The van der Waals surface area contributed by atoms with Gasteiger partial charge in [0.1, 0.15) is 11.9 Å². The van der Waals surface area contributed by atoms with Crippen LogP contribution in [0.15, 0.2) is 18.2 Å². The Hall–Kier alpha value is -1.06. The summed E-state index contributed by atoms with van der Waals surface area (Å²) in [4.78, 5) is 14.9. The zero-order chi connectivity index (χ0) is 23.4. The van der Waals surface area contributed by atoms with Crippen LogP contribution in [0.1, 0.15) is 57.8 Å². The molecule has 2 aliphatic heterocycles. The lowest BCUT2D eigenvalue weighted by atomic mass is 9.89. The number of hydrogen-bond acceptors (Lipinski definition) is 5. The summed E-state index contributed by atoms with van der Waals surface area (Å²) in [6.45, 7) is 2.72. The van der Waals surface area contributed by atoms with Crippen molar-refractivity contribution in [3.05, 3.63) is 28.2 Å². The maximum atomic E-state index is 12.7. The molecule has 3 aliphatic rings. The van der Waals surface area contributed by atoms with Crippen molar-refractivity contribution in [1.29, 1.82) is 0 Å². The Labute approximate surface area is 206 Å². The van der Waals surface area contributed by atoms with Crippen LogP contribution >= 0.6 is 23.2 Å². The Morgan fingerprint density at radius 3 is 2.21 bits per heavy atom. The molecule has 33 heavy (non-hydrogen) atoms. The Morgan fingerprint density at radius 1 is 0.909 bits per heavy atom. The Morgan fingerprint density at radius 2 is 1.58 bits per heavy atom. The molecule has 1 saturated carbocycles. The molecule has 0 aromatic heterocycles. The van der Waals surface area contributed by atoms with Gasteiger partial charge in [0.15, 0.2) is 0 Å². The van der Waals surface area contributed by atoms with Gasteiger partial charge >= 0.3 is 10.2 Å². The van der Waals surface area contributed by atoms with E-state index in [1.54, 1.807) is 12.1 Å². The largest absolute Gasteiger partial charge is 0.490 e. The third-order valence-corrected chi connectivity index (χ3v) is 9.40. The molecule has 0 radical (unpaired) electrons. The molecule has 7 nitrogen and oxygen atoms in total. The van der Waals surface area contributed by atoms with E-state index in [1.165, 1.54) is 4.31 Å². The maximum absolute atomic E-state index is 12.7. The number of likely N-dealkylation sites (tertiary alicyclic amines) is 1. The van der Waals surface area contributed by atoms with Gasteiger partial charge in [-0.15, -0.1) is 0 Å². The second-order valence-electron chi connectivity index (χ2n) is 9.37. The van der Waals surface area contributed by atoms with Crippen LogP contribution in [0.25, 0.3) is 0 Å². The molecule has 10 heteroatoms. The number of piperidine rings is 2. The van der Waals surface area contributed by atoms with E-state index >= 15 is 0 Å². The topological polar surface area (TPSA) is 79.0 Å². The molecule has 0 unspecified atom stereocenters. The zero-order valence-corrected chi connectivity index (χ0v) is 21.2. The summed E-state index contributed by atoms with van der Waals surface area (Å²) in [5, 5.41) is 1.00. The van der Waals surface area contributed by atoms with Crippen molar-refractivity contribution in [2.75, 3.05) is 26.2 Å². The number of amides is 1. The predicted molar refractivity (Wildman–Crippen MR) is 130 cm³/mol. The van der Waals surface area contributed by atoms with Gasteiger partial charge in [-0.2, -0.15) is 12.7 Å². The molecular weight excluding hydrogens is 485 g/mol. The first-order valence-corrected chi connectivity index (χ1v) is 14.2. The smallest absolute Gasteiger partial charge is 0.303 e. The summed E-state index contributed by atoms with van der Waals surface area (Å²) in [6.07, 6.45) is 8.21. The van der Waals surface area contributed by atoms with Crippen LogP contribution in [0.4, 0.5) is 0 Å². The number of benzene rings is 1. The van der Waals surface area contributed by atoms with E-state index in [1.807, 2.05) is 6.07 Å². The molecule has 1 amide bonds. The third kappa shape index (κ3) is 6.54. The molecule has 0 atom stereocenters. The summed E-state index contributed by atoms with van der Waals surface area (Å²) in [6, 6.07) is 5.69. The number of ether oxygens (including phenoxy) is 1. The summed E-state index contributed by atoms with van der Waals surface area (Å²) in [5.74, 6) is 0.232. The van der Waals surface area contributed by atoms with Gasteiger partial charge in [-0.1, -0.05) is 42.5 Å². The van der Waals surface area contributed by atoms with Crippen LogP contribution < -0.4 is 9.46 Å². The van der Waals surface area contributed by atoms with Gasteiger partial charge in [0.2, 0.25) is 5.91 Å². The molecule has 1 N–H and O–H groups in total. The molecule has 2 saturated heterocycles. The van der Waals surface area contributed by atoms with Crippen molar-refractivity contribution >= 4 is 39.3 Å². The van der Waals surface area contributed by atoms with E-state index in [0.717, 1.165) is 76.6 Å². The first-order valence-electron chi connectivity index (χ1n) is 12.0. The van der Waals surface area contributed by atoms with Gasteiger partial charge < -0.3 is 9.64 Å². The van der Waals surface area contributed by atoms with E-state index in [4.69, 9.17) is 27.9 Å². The van der Waals surface area contributed by atoms with E-state index < -0.39 is 10.2 Å². The van der Waals surface area contributed by atoms with E-state index in [2.05, 4.69) is 9.62 Å². The van der Waals surface area contributed by atoms with Gasteiger partial charge in [-0.3, -0.25) is 4.79 Å². The van der Waals surface area contributed by atoms with Crippen molar-refractivity contribution in [1.82, 2.24) is 13.9 Å². The first-order chi connectivity index (χ1) is 15.8. The van der Waals surface area contributed by atoms with Gasteiger partial charge in [-0.05, 0) is 50.7 Å². The first kappa shape index (κ1) is 25.0. The lowest BCUT2D eigenvalue weighted by molar-refractivity contribution is -0.124. The quantitative estimate of drug-likeness (QED) is 0.610. The minimum atomic E-state index is -3.76. The number of carbonyl (C=O) groups excluding carboxylic acids is 1. The molecular formula is C23H33Cl2N3O4S. The minimum Gasteiger partial charge on any atom is -0.490 e. The average Bonchev–Trinajstić information content (AvgIpc) is 2.82. The number of carbonyl (C=O) groups is 1. The third-order valence-electron chi connectivity index (χ3n) is 7.16. The number of rotatable bonds is 6. The van der Waals surface area contributed by atoms with Crippen LogP contribution in [-0.4, -0.2) is 61.9 Å². The second-order valence-corrected chi connectivity index (χ2v) is 11.9. The summed E-state index contributed by atoms with van der Waals surface area (Å²) in [5.41, 5.74) is 0. The van der Waals surface area contributed by atoms with Crippen LogP contribution in [0, 0.1) is 5.92 Å². The SMILES string of the molecule is O=C(NS(=O)(=O)N1CCC(N2CCC(Oc3ccc(Cl)c(Cl)c3)CC2)CC1)C1CCCCC1. The molecule has 0 bridgehead atoms. The lowest BCUT2D eigenvalue weighted by Crippen LogP contribution is -2.53. The average molecular weight is 519 g/mol. The number of hydrogen-bond donors (Lipinski definition) is 1. The fourth-order valence-corrected chi connectivity index (χ4v) is 6.72. The fraction of sp³-hybridized carbons (Fsp3) is 0.696. The minimum absolute atomic E-state index is 0.133. The second kappa shape index (κ2) is 11.1. The van der Waals surface area contributed by atoms with E-state index in [9.17, 15) is 13.2 Å². The number of halogens is 2. The Kier molecular flexibility index (Phi) is 8.44. The Bertz CT molecular complexity index is 924. The highest BCUT2D eigenvalue weighted by molar-refractivity contribution is 7.87. The standard InChI is InChI=1S/C23H33Cl2N3O4S/c24-21-7-6-20(16-22(21)25)32-19-10-12-27(13-11-19)18-8-14-28(15-9-18)33(30,31)26-23(29)17-4-2-1-3-5-17/h6-7,16-19H,1-5,8-15H2,(H,26,29). The molecule has 184 valence electrons. The monoisotopic (exact) mass is 517 g/mol. The highest BCUT2D eigenvalue weighted by Gasteiger charge is 2.34. The van der Waals surface area contributed by atoms with E-state index in [0.29, 0.717) is 29.2 Å². The van der Waals surface area contributed by atoms with Crippen LogP contribution in [0.3, 0.4) is 0 Å². The number of nitrogens with zero attached hydrogens (tertiary/aromatic N) is 2. The molecule has 1 aromatic carbocycles. The molecule has 4 rings (SSSR count). The van der Waals surface area contributed by atoms with Crippen LogP contribution in [-0.2, 0) is 15.0 Å². The van der Waals surface area contributed by atoms with Gasteiger partial charge in [0.05, 0.1) is 10.0 Å². The Balaban J connectivity index is 1.21. The van der Waals surface area contributed by atoms with Crippen LogP contribution in [0.2, 0.25) is 10.0 Å². The normalized spacial score (nSPS) is 22.8.